The molecule has 8 heteroatoms. The number of aromatic nitrogens is 3. The minimum absolute atomic E-state index is 0.0357. The van der Waals surface area contributed by atoms with Gasteiger partial charge in [0.15, 0.2) is 0 Å². The number of benzene rings is 1. The maximum absolute atomic E-state index is 12.8. The van der Waals surface area contributed by atoms with E-state index >= 15 is 0 Å². The Hall–Kier alpha value is -3.26. The van der Waals surface area contributed by atoms with Gasteiger partial charge >= 0.3 is 5.69 Å². The lowest BCUT2D eigenvalue weighted by Crippen LogP contribution is -2.43. The lowest BCUT2D eigenvalue weighted by Gasteiger charge is -2.38. The van der Waals surface area contributed by atoms with Crippen molar-refractivity contribution in [2.24, 2.45) is 13.0 Å². The van der Waals surface area contributed by atoms with E-state index in [1.165, 1.54) is 13.2 Å². The number of hydrogen-bond acceptors (Lipinski definition) is 5. The zero-order chi connectivity index (χ0) is 19.8. The molecule has 1 aliphatic carbocycles. The van der Waals surface area contributed by atoms with Crippen molar-refractivity contribution in [2.45, 2.75) is 25.0 Å². The number of pyridine rings is 1. The quantitative estimate of drug-likeness (QED) is 0.621. The number of aliphatic hydroxyl groups is 1. The molecule has 0 radical (unpaired) electrons. The van der Waals surface area contributed by atoms with Gasteiger partial charge in [-0.1, -0.05) is 18.2 Å². The molecule has 1 amide bonds. The number of fused-ring (bicyclic) bond motifs is 1. The summed E-state index contributed by atoms with van der Waals surface area (Å²) in [4.78, 5) is 42.9. The van der Waals surface area contributed by atoms with E-state index in [2.05, 4.69) is 15.3 Å². The normalized spacial score (nSPS) is 19.8. The summed E-state index contributed by atoms with van der Waals surface area (Å²) < 4.78 is 1.15. The van der Waals surface area contributed by atoms with Gasteiger partial charge < -0.3 is 15.0 Å². The number of aliphatic hydroxyl groups excluding tert-OH is 1. The number of rotatable bonds is 4. The first kappa shape index (κ1) is 18.1. The summed E-state index contributed by atoms with van der Waals surface area (Å²) >= 11 is 0. The van der Waals surface area contributed by atoms with E-state index in [0.717, 1.165) is 21.0 Å². The lowest BCUT2D eigenvalue weighted by atomic mass is 9.75. The van der Waals surface area contributed by atoms with Crippen LogP contribution in [0.5, 0.6) is 0 Å². The number of aryl methyl sites for hydroxylation is 1. The van der Waals surface area contributed by atoms with Crippen LogP contribution in [0.3, 0.4) is 0 Å². The second-order valence-electron chi connectivity index (χ2n) is 7.21. The van der Waals surface area contributed by atoms with Crippen LogP contribution in [-0.4, -0.2) is 31.7 Å². The number of carbonyl (C=O) groups is 1. The average Bonchev–Trinajstić information content (AvgIpc) is 2.66. The van der Waals surface area contributed by atoms with Gasteiger partial charge in [-0.15, -0.1) is 0 Å². The van der Waals surface area contributed by atoms with Crippen LogP contribution in [0.15, 0.2) is 52.3 Å². The third kappa shape index (κ3) is 3.34. The van der Waals surface area contributed by atoms with Crippen molar-refractivity contribution in [2.75, 3.05) is 0 Å². The molecule has 1 fully saturated rings. The maximum atomic E-state index is 12.8. The van der Waals surface area contributed by atoms with Gasteiger partial charge in [0.2, 0.25) is 0 Å². The van der Waals surface area contributed by atoms with E-state index in [9.17, 15) is 19.5 Å². The number of aromatic amines is 1. The average molecular weight is 380 g/mol. The Labute approximate surface area is 159 Å². The number of para-hydroxylation sites is 1. The molecule has 1 unspecified atom stereocenters. The van der Waals surface area contributed by atoms with Crippen molar-refractivity contribution < 1.29 is 9.90 Å². The van der Waals surface area contributed by atoms with Crippen LogP contribution in [-0.2, 0) is 7.05 Å². The van der Waals surface area contributed by atoms with Crippen LogP contribution in [0, 0.1) is 5.92 Å². The molecule has 8 nitrogen and oxygen atoms in total. The molecule has 0 spiro atoms. The SMILES string of the molecule is Cn1cc(C(=O)NC(c2cnc3ccccc3c2)C2CC(O)C2)c(=O)[nH]c1=O. The minimum atomic E-state index is -0.732. The Kier molecular flexibility index (Phi) is 4.56. The number of nitrogens with zero attached hydrogens (tertiary/aromatic N) is 2. The van der Waals surface area contributed by atoms with Gasteiger partial charge in [-0.2, -0.15) is 0 Å². The highest BCUT2D eigenvalue weighted by atomic mass is 16.3. The van der Waals surface area contributed by atoms with E-state index in [0.29, 0.717) is 12.8 Å². The third-order valence-electron chi connectivity index (χ3n) is 5.23. The zero-order valence-electron chi connectivity index (χ0n) is 15.3. The highest BCUT2D eigenvalue weighted by Crippen LogP contribution is 2.38. The van der Waals surface area contributed by atoms with Crippen molar-refractivity contribution in [1.29, 1.82) is 0 Å². The molecule has 28 heavy (non-hydrogen) atoms. The summed E-state index contributed by atoms with van der Waals surface area (Å²) in [5, 5.41) is 13.6. The first-order chi connectivity index (χ1) is 13.4. The Morgan fingerprint density at radius 3 is 2.82 bits per heavy atom. The van der Waals surface area contributed by atoms with Crippen molar-refractivity contribution in [3.05, 3.63) is 74.7 Å². The lowest BCUT2D eigenvalue weighted by molar-refractivity contribution is 0.0234. The Bertz CT molecular complexity index is 1160. The van der Waals surface area contributed by atoms with E-state index in [4.69, 9.17) is 0 Å². The van der Waals surface area contributed by atoms with Crippen LogP contribution in [0.25, 0.3) is 10.9 Å². The molecule has 0 saturated heterocycles. The molecule has 1 aliphatic rings. The number of H-pyrrole nitrogens is 1. The van der Waals surface area contributed by atoms with Gasteiger partial charge in [0.05, 0.1) is 17.7 Å². The fourth-order valence-electron chi connectivity index (χ4n) is 3.58. The topological polar surface area (TPSA) is 117 Å². The second kappa shape index (κ2) is 7.05. The highest BCUT2D eigenvalue weighted by Gasteiger charge is 2.36. The van der Waals surface area contributed by atoms with Gasteiger partial charge in [0.1, 0.15) is 5.56 Å². The molecule has 0 bridgehead atoms. The molecule has 4 rings (SSSR count). The van der Waals surface area contributed by atoms with Gasteiger partial charge in [0, 0.05) is 24.8 Å². The van der Waals surface area contributed by atoms with E-state index in [-0.39, 0.29) is 11.5 Å². The summed E-state index contributed by atoms with van der Waals surface area (Å²) in [6, 6.07) is 9.23. The van der Waals surface area contributed by atoms with Crippen molar-refractivity contribution in [3.63, 3.8) is 0 Å². The smallest absolute Gasteiger partial charge is 0.328 e. The summed E-state index contributed by atoms with van der Waals surface area (Å²) in [7, 11) is 1.46. The van der Waals surface area contributed by atoms with Crippen LogP contribution < -0.4 is 16.6 Å². The van der Waals surface area contributed by atoms with Crippen LogP contribution >= 0.6 is 0 Å². The molecule has 1 atom stereocenters. The molecule has 144 valence electrons. The van der Waals surface area contributed by atoms with E-state index in [1.54, 1.807) is 6.20 Å². The number of amides is 1. The Balaban J connectivity index is 1.68. The van der Waals surface area contributed by atoms with Gasteiger partial charge in [-0.25, -0.2) is 4.79 Å². The molecule has 3 N–H and O–H groups in total. The zero-order valence-corrected chi connectivity index (χ0v) is 15.3. The first-order valence-corrected chi connectivity index (χ1v) is 9.06. The molecule has 2 heterocycles. The van der Waals surface area contributed by atoms with Crippen molar-refractivity contribution >= 4 is 16.8 Å². The second-order valence-corrected chi connectivity index (χ2v) is 7.21. The van der Waals surface area contributed by atoms with E-state index < -0.39 is 29.3 Å². The van der Waals surface area contributed by atoms with Crippen LogP contribution in [0.2, 0.25) is 0 Å². The number of carbonyl (C=O) groups excluding carboxylic acids is 1. The first-order valence-electron chi connectivity index (χ1n) is 9.06. The molecule has 3 aromatic rings. The number of nitrogens with one attached hydrogen (secondary N) is 2. The third-order valence-corrected chi connectivity index (χ3v) is 5.23. The van der Waals surface area contributed by atoms with Crippen LogP contribution in [0.4, 0.5) is 0 Å². The molecule has 2 aromatic heterocycles. The largest absolute Gasteiger partial charge is 0.393 e. The fourth-order valence-corrected chi connectivity index (χ4v) is 3.58. The van der Waals surface area contributed by atoms with E-state index in [1.807, 2.05) is 30.3 Å². The van der Waals surface area contributed by atoms with Crippen molar-refractivity contribution in [1.82, 2.24) is 19.9 Å². The molecule has 0 aliphatic heterocycles. The Morgan fingerprint density at radius 1 is 1.32 bits per heavy atom. The summed E-state index contributed by atoms with van der Waals surface area (Å²) in [6.07, 6.45) is 3.66. The molecular weight excluding hydrogens is 360 g/mol. The molecule has 1 saturated carbocycles. The molecular formula is C20H20N4O4. The monoisotopic (exact) mass is 380 g/mol. The Morgan fingerprint density at radius 2 is 2.07 bits per heavy atom. The van der Waals surface area contributed by atoms with Gasteiger partial charge in [-0.05, 0) is 36.5 Å². The molecule has 1 aromatic carbocycles. The fraction of sp³-hybridized carbons (Fsp3) is 0.300. The predicted molar refractivity (Wildman–Crippen MR) is 103 cm³/mol. The highest BCUT2D eigenvalue weighted by molar-refractivity contribution is 5.93. The minimum Gasteiger partial charge on any atom is -0.393 e. The van der Waals surface area contributed by atoms with Gasteiger partial charge in [-0.3, -0.25) is 19.6 Å². The summed E-state index contributed by atoms with van der Waals surface area (Å²) in [5.41, 5.74) is 0.203. The van der Waals surface area contributed by atoms with Crippen molar-refractivity contribution in [3.8, 4) is 0 Å². The summed E-state index contributed by atoms with van der Waals surface area (Å²) in [5.74, 6) is -0.537. The summed E-state index contributed by atoms with van der Waals surface area (Å²) in [6.45, 7) is 0. The number of hydrogen-bond donors (Lipinski definition) is 3. The maximum Gasteiger partial charge on any atom is 0.328 e. The predicted octanol–water partition coefficient (Wildman–Crippen LogP) is 0.864. The van der Waals surface area contributed by atoms with Crippen LogP contribution in [0.1, 0.15) is 34.8 Å². The van der Waals surface area contributed by atoms with Gasteiger partial charge in [0.25, 0.3) is 11.5 Å². The standard InChI is InChI=1S/C20H20N4O4/c1-24-10-15(19(27)23-20(24)28)18(26)22-17(12-7-14(25)8-12)13-6-11-4-2-3-5-16(11)21-9-13/h2-6,9-10,12,14,17,25H,7-8H2,1H3,(H,22,26)(H,23,27,28).